The van der Waals surface area contributed by atoms with Crippen molar-refractivity contribution in [3.8, 4) is 0 Å². The third-order valence-electron chi connectivity index (χ3n) is 1.55. The zero-order valence-electron chi connectivity index (χ0n) is 8.21. The van der Waals surface area contributed by atoms with Crippen molar-refractivity contribution in [2.24, 2.45) is 5.84 Å². The molecule has 15 heavy (non-hydrogen) atoms. The summed E-state index contributed by atoms with van der Waals surface area (Å²) in [5, 5.41) is 0. The van der Waals surface area contributed by atoms with Crippen molar-refractivity contribution >= 4 is 16.1 Å². The molecule has 0 bridgehead atoms. The summed E-state index contributed by atoms with van der Waals surface area (Å²) in [7, 11) is -4.67. The Morgan fingerprint density at radius 1 is 1.33 bits per heavy atom. The highest BCUT2D eigenvalue weighted by molar-refractivity contribution is 7.79. The number of hydrogen-bond acceptors (Lipinski definition) is 4. The van der Waals surface area contributed by atoms with Gasteiger partial charge in [-0.2, -0.15) is 8.42 Å². The smallest absolute Gasteiger partial charge is 0.324 e. The molecular weight excluding hydrogens is 220 g/mol. The first-order chi connectivity index (χ1) is 6.88. The van der Waals surface area contributed by atoms with Crippen LogP contribution in [0.1, 0.15) is 12.5 Å². The van der Waals surface area contributed by atoms with Crippen molar-refractivity contribution in [3.05, 3.63) is 29.8 Å². The average molecular weight is 234 g/mol. The van der Waals surface area contributed by atoms with Crippen molar-refractivity contribution in [2.75, 3.05) is 5.43 Å². The number of aryl methyl sites for hydroxylation is 1. The molecule has 0 saturated carbocycles. The third-order valence-corrected chi connectivity index (χ3v) is 1.55. The van der Waals surface area contributed by atoms with Gasteiger partial charge >= 0.3 is 10.4 Å². The van der Waals surface area contributed by atoms with E-state index in [1.165, 1.54) is 5.56 Å². The van der Waals surface area contributed by atoms with Crippen LogP contribution in [0.4, 0.5) is 5.69 Å². The van der Waals surface area contributed by atoms with Crippen molar-refractivity contribution < 1.29 is 17.5 Å². The van der Waals surface area contributed by atoms with Gasteiger partial charge in [-0.1, -0.05) is 25.1 Å². The van der Waals surface area contributed by atoms with Crippen LogP contribution in [0.25, 0.3) is 0 Å². The second-order valence-electron chi connectivity index (χ2n) is 2.60. The first-order valence-corrected chi connectivity index (χ1v) is 5.52. The number of hydrazine groups is 1. The first-order valence-electron chi connectivity index (χ1n) is 4.13. The Morgan fingerprint density at radius 3 is 2.13 bits per heavy atom. The molecule has 0 amide bonds. The lowest BCUT2D eigenvalue weighted by Gasteiger charge is -2.04. The summed E-state index contributed by atoms with van der Waals surface area (Å²) < 4.78 is 31.6. The first kappa shape index (κ1) is 13.8. The molecule has 1 aromatic carbocycles. The van der Waals surface area contributed by atoms with E-state index in [9.17, 15) is 0 Å². The molecule has 7 heteroatoms. The van der Waals surface area contributed by atoms with Crippen LogP contribution < -0.4 is 11.3 Å². The molecule has 0 saturated heterocycles. The van der Waals surface area contributed by atoms with Gasteiger partial charge in [-0.15, -0.1) is 0 Å². The maximum atomic E-state index is 8.74. The lowest BCUT2D eigenvalue weighted by Crippen LogP contribution is -2.08. The molecule has 0 radical (unpaired) electrons. The minimum Gasteiger partial charge on any atom is -0.324 e. The summed E-state index contributed by atoms with van der Waals surface area (Å²) in [5.41, 5.74) is 4.92. The Labute approximate surface area is 88.7 Å². The van der Waals surface area contributed by atoms with Crippen LogP contribution in [0.2, 0.25) is 0 Å². The number of para-hydroxylation sites is 1. The lowest BCUT2D eigenvalue weighted by molar-refractivity contribution is 0.381. The van der Waals surface area contributed by atoms with Crippen LogP contribution in [-0.2, 0) is 16.8 Å². The van der Waals surface area contributed by atoms with Crippen molar-refractivity contribution in [1.29, 1.82) is 0 Å². The predicted octanol–water partition coefficient (Wildman–Crippen LogP) is 0.882. The van der Waals surface area contributed by atoms with Crippen LogP contribution in [0.3, 0.4) is 0 Å². The number of hydrogen-bond donors (Lipinski definition) is 4. The molecule has 0 aliphatic carbocycles. The Bertz CT molecular complexity index is 360. The van der Waals surface area contributed by atoms with Gasteiger partial charge in [-0.05, 0) is 18.1 Å². The molecule has 5 N–H and O–H groups in total. The second kappa shape index (κ2) is 6.36. The molecule has 0 spiro atoms. The lowest BCUT2D eigenvalue weighted by atomic mass is 10.1. The highest BCUT2D eigenvalue weighted by atomic mass is 32.3. The van der Waals surface area contributed by atoms with Crippen LogP contribution in [0.5, 0.6) is 0 Å². The summed E-state index contributed by atoms with van der Waals surface area (Å²) in [6.45, 7) is 2.11. The maximum Gasteiger partial charge on any atom is 0.394 e. The van der Waals surface area contributed by atoms with E-state index in [-0.39, 0.29) is 0 Å². The van der Waals surface area contributed by atoms with Crippen LogP contribution in [0.15, 0.2) is 24.3 Å². The molecule has 0 unspecified atom stereocenters. The van der Waals surface area contributed by atoms with Gasteiger partial charge in [0.1, 0.15) is 0 Å². The number of anilines is 1. The number of nitrogen functional groups attached to an aromatic ring is 1. The normalized spacial score (nSPS) is 10.1. The predicted molar refractivity (Wildman–Crippen MR) is 57.8 cm³/mol. The van der Waals surface area contributed by atoms with Gasteiger partial charge in [-0.3, -0.25) is 14.9 Å². The van der Waals surface area contributed by atoms with Gasteiger partial charge in [0.2, 0.25) is 0 Å². The fourth-order valence-electron chi connectivity index (χ4n) is 0.969. The Morgan fingerprint density at radius 2 is 1.80 bits per heavy atom. The number of benzene rings is 1. The molecule has 1 aromatic rings. The molecule has 0 aliphatic heterocycles. The second-order valence-corrected chi connectivity index (χ2v) is 3.50. The number of rotatable bonds is 2. The van der Waals surface area contributed by atoms with E-state index in [1.807, 2.05) is 18.2 Å². The van der Waals surface area contributed by atoms with E-state index in [1.54, 1.807) is 0 Å². The summed E-state index contributed by atoms with van der Waals surface area (Å²) in [5.74, 6) is 5.28. The summed E-state index contributed by atoms with van der Waals surface area (Å²) >= 11 is 0. The molecule has 6 nitrogen and oxygen atoms in total. The quantitative estimate of drug-likeness (QED) is 0.343. The van der Waals surface area contributed by atoms with Gasteiger partial charge in [0.15, 0.2) is 0 Å². The minimum atomic E-state index is -4.67. The Balaban J connectivity index is 0.000000336. The van der Waals surface area contributed by atoms with E-state index in [4.69, 9.17) is 23.4 Å². The fourth-order valence-corrected chi connectivity index (χ4v) is 0.969. The maximum absolute atomic E-state index is 8.74. The molecule has 0 aromatic heterocycles. The monoisotopic (exact) mass is 234 g/mol. The van der Waals surface area contributed by atoms with Crippen molar-refractivity contribution in [2.45, 2.75) is 13.3 Å². The molecule has 86 valence electrons. The minimum absolute atomic E-state index is 1.01. The Hall–Kier alpha value is -1.15. The van der Waals surface area contributed by atoms with E-state index in [2.05, 4.69) is 18.4 Å². The van der Waals surface area contributed by atoms with Crippen LogP contribution in [-0.4, -0.2) is 17.5 Å². The summed E-state index contributed by atoms with van der Waals surface area (Å²) in [6, 6.07) is 8.02. The number of nitrogens with two attached hydrogens (primary N) is 1. The standard InChI is InChI=1S/C8H12N2.H2O4S/c1-2-7-5-3-4-6-8(7)10-9;1-5(2,3)4/h3-6,10H,2,9H2,1H3;(H2,1,2,3,4). The van der Waals surface area contributed by atoms with Gasteiger partial charge < -0.3 is 5.43 Å². The van der Waals surface area contributed by atoms with Gasteiger partial charge in [0, 0.05) is 0 Å². The van der Waals surface area contributed by atoms with Crippen molar-refractivity contribution in [1.82, 2.24) is 0 Å². The van der Waals surface area contributed by atoms with Gasteiger partial charge in [0.25, 0.3) is 0 Å². The van der Waals surface area contributed by atoms with Crippen LogP contribution in [0, 0.1) is 0 Å². The topological polar surface area (TPSA) is 113 Å². The van der Waals surface area contributed by atoms with Crippen LogP contribution >= 0.6 is 0 Å². The van der Waals surface area contributed by atoms with E-state index < -0.39 is 10.4 Å². The number of nitrogens with one attached hydrogen (secondary N) is 1. The van der Waals surface area contributed by atoms with Gasteiger partial charge in [-0.25, -0.2) is 0 Å². The van der Waals surface area contributed by atoms with E-state index >= 15 is 0 Å². The molecule has 0 atom stereocenters. The molecule has 0 heterocycles. The molecular formula is C8H14N2O4S. The molecule has 1 rings (SSSR count). The summed E-state index contributed by atoms with van der Waals surface area (Å²) in [6.07, 6.45) is 1.01. The fraction of sp³-hybridized carbons (Fsp3) is 0.250. The SMILES string of the molecule is CCc1ccccc1NN.O=S(=O)(O)O. The summed E-state index contributed by atoms with van der Waals surface area (Å²) in [4.78, 5) is 0. The largest absolute Gasteiger partial charge is 0.394 e. The molecule has 0 aliphatic rings. The van der Waals surface area contributed by atoms with E-state index in [0.717, 1.165) is 12.1 Å². The van der Waals surface area contributed by atoms with Crippen molar-refractivity contribution in [3.63, 3.8) is 0 Å². The average Bonchev–Trinajstić information content (AvgIpc) is 2.15. The van der Waals surface area contributed by atoms with Gasteiger partial charge in [0.05, 0.1) is 5.69 Å². The Kier molecular flexibility index (Phi) is 5.87. The zero-order valence-corrected chi connectivity index (χ0v) is 9.03. The van der Waals surface area contributed by atoms with E-state index in [0.29, 0.717) is 0 Å². The highest BCUT2D eigenvalue weighted by Crippen LogP contribution is 2.12. The third kappa shape index (κ3) is 7.89. The zero-order chi connectivity index (χ0) is 11.9. The highest BCUT2D eigenvalue weighted by Gasteiger charge is 1.93. The molecule has 0 fully saturated rings.